The monoisotopic (exact) mass is 178 g/mol. The molecule has 0 aliphatic heterocycles. The van der Waals surface area contributed by atoms with E-state index in [9.17, 15) is 9.90 Å². The maximum absolute atomic E-state index is 10.3. The Morgan fingerprint density at radius 2 is 1.69 bits per heavy atom. The number of carboxylic acids is 1. The standard InChI is InChI=1S/C8H12O4.Li/c1-3-5-11-8(7(9)10)12-6-4-2;/h3-4,8H,1-2,5-6H2,(H,9,10);/q;+1/p-1. The molecule has 13 heavy (non-hydrogen) atoms. The van der Waals surface area contributed by atoms with Gasteiger partial charge >= 0.3 is 18.9 Å². The summed E-state index contributed by atoms with van der Waals surface area (Å²) >= 11 is 0. The summed E-state index contributed by atoms with van der Waals surface area (Å²) < 4.78 is 9.41. The number of hydrogen-bond acceptors (Lipinski definition) is 4. The summed E-state index contributed by atoms with van der Waals surface area (Å²) in [5.41, 5.74) is 0. The molecular weight excluding hydrogens is 167 g/mol. The number of aliphatic carboxylic acids is 1. The quantitative estimate of drug-likeness (QED) is 0.230. The first kappa shape index (κ1) is 15.0. The molecule has 0 atom stereocenters. The number of carboxylic acid groups (broad SMARTS) is 1. The number of carbonyl (C=O) groups excluding carboxylic acids is 1. The van der Waals surface area contributed by atoms with Gasteiger partial charge in [0.15, 0.2) is 6.29 Å². The molecule has 0 N–H and O–H groups in total. The minimum absolute atomic E-state index is 0. The van der Waals surface area contributed by atoms with Crippen LogP contribution in [0.15, 0.2) is 25.3 Å². The summed E-state index contributed by atoms with van der Waals surface area (Å²) in [6, 6.07) is 0. The molecule has 0 aromatic rings. The molecule has 0 radical (unpaired) electrons. The van der Waals surface area contributed by atoms with Gasteiger partial charge in [-0.1, -0.05) is 12.2 Å². The Hall–Kier alpha value is -0.533. The van der Waals surface area contributed by atoms with Crippen molar-refractivity contribution in [2.45, 2.75) is 6.29 Å². The van der Waals surface area contributed by atoms with E-state index in [0.29, 0.717) is 0 Å². The minimum atomic E-state index is -1.40. The SMILES string of the molecule is C=CCOC(OCC=C)C(=O)[O-].[Li+]. The molecular formula is C8H11LiO4. The molecule has 5 heteroatoms. The van der Waals surface area contributed by atoms with Gasteiger partial charge < -0.3 is 19.4 Å². The van der Waals surface area contributed by atoms with E-state index in [1.807, 2.05) is 0 Å². The van der Waals surface area contributed by atoms with Crippen LogP contribution in [0.1, 0.15) is 0 Å². The van der Waals surface area contributed by atoms with Crippen LogP contribution in [0.4, 0.5) is 0 Å². The van der Waals surface area contributed by atoms with Crippen LogP contribution < -0.4 is 24.0 Å². The first-order valence-corrected chi connectivity index (χ1v) is 3.38. The molecule has 0 aliphatic rings. The first-order valence-electron chi connectivity index (χ1n) is 3.38. The zero-order valence-electron chi connectivity index (χ0n) is 7.69. The second-order valence-corrected chi connectivity index (χ2v) is 1.89. The van der Waals surface area contributed by atoms with Crippen molar-refractivity contribution in [1.29, 1.82) is 0 Å². The molecule has 0 fully saturated rings. The Labute approximate surface area is 89.4 Å². The van der Waals surface area contributed by atoms with Gasteiger partial charge in [0.2, 0.25) is 0 Å². The molecule has 0 aromatic carbocycles. The first-order chi connectivity index (χ1) is 5.72. The number of rotatable bonds is 7. The van der Waals surface area contributed by atoms with Crippen molar-refractivity contribution >= 4 is 5.97 Å². The largest absolute Gasteiger partial charge is 1.00 e. The summed E-state index contributed by atoms with van der Waals surface area (Å²) in [5.74, 6) is -1.40. The van der Waals surface area contributed by atoms with Crippen molar-refractivity contribution in [3.05, 3.63) is 25.3 Å². The predicted molar refractivity (Wildman–Crippen MR) is 41.1 cm³/mol. The molecule has 0 bridgehead atoms. The van der Waals surface area contributed by atoms with Gasteiger partial charge in [-0.25, -0.2) is 0 Å². The van der Waals surface area contributed by atoms with Gasteiger partial charge in [-0.05, 0) is 0 Å². The van der Waals surface area contributed by atoms with E-state index in [4.69, 9.17) is 9.47 Å². The van der Waals surface area contributed by atoms with Gasteiger partial charge in [-0.15, -0.1) is 13.2 Å². The molecule has 68 valence electrons. The molecule has 0 spiro atoms. The average molecular weight is 178 g/mol. The minimum Gasteiger partial charge on any atom is -0.545 e. The Balaban J connectivity index is 0. The number of hydrogen-bond donors (Lipinski definition) is 0. The van der Waals surface area contributed by atoms with Crippen molar-refractivity contribution < 1.29 is 38.2 Å². The third-order valence-electron chi connectivity index (χ3n) is 0.923. The molecule has 0 saturated heterocycles. The fourth-order valence-corrected chi connectivity index (χ4v) is 0.495. The molecule has 0 saturated carbocycles. The van der Waals surface area contributed by atoms with Gasteiger partial charge in [0, 0.05) is 0 Å². The van der Waals surface area contributed by atoms with Crippen molar-refractivity contribution in [2.75, 3.05) is 13.2 Å². The molecule has 0 unspecified atom stereocenters. The average Bonchev–Trinajstić information content (AvgIpc) is 2.04. The van der Waals surface area contributed by atoms with Crippen LogP contribution in [0.25, 0.3) is 0 Å². The second kappa shape index (κ2) is 9.55. The summed E-state index contributed by atoms with van der Waals surface area (Å²) in [4.78, 5) is 10.3. The van der Waals surface area contributed by atoms with Gasteiger partial charge in [-0.3, -0.25) is 0 Å². The van der Waals surface area contributed by atoms with E-state index in [0.717, 1.165) is 0 Å². The molecule has 0 rings (SSSR count). The van der Waals surface area contributed by atoms with Crippen molar-refractivity contribution in [1.82, 2.24) is 0 Å². The van der Waals surface area contributed by atoms with Crippen LogP contribution in [0, 0.1) is 0 Å². The van der Waals surface area contributed by atoms with E-state index >= 15 is 0 Å². The topological polar surface area (TPSA) is 58.6 Å². The third-order valence-corrected chi connectivity index (χ3v) is 0.923. The third kappa shape index (κ3) is 7.82. The fraction of sp³-hybridized carbons (Fsp3) is 0.375. The summed E-state index contributed by atoms with van der Waals surface area (Å²) in [6.45, 7) is 6.93. The van der Waals surface area contributed by atoms with Crippen LogP contribution in [-0.4, -0.2) is 25.5 Å². The van der Waals surface area contributed by atoms with Gasteiger partial charge in [0.05, 0.1) is 19.2 Å². The van der Waals surface area contributed by atoms with Crippen molar-refractivity contribution in [2.24, 2.45) is 0 Å². The van der Waals surface area contributed by atoms with Crippen molar-refractivity contribution in [3.8, 4) is 0 Å². The smallest absolute Gasteiger partial charge is 0.545 e. The van der Waals surface area contributed by atoms with E-state index in [2.05, 4.69) is 13.2 Å². The number of carbonyl (C=O) groups is 1. The summed E-state index contributed by atoms with van der Waals surface area (Å²) in [6.07, 6.45) is 1.50. The Morgan fingerprint density at radius 1 is 1.31 bits per heavy atom. The van der Waals surface area contributed by atoms with E-state index in [1.54, 1.807) is 0 Å². The maximum atomic E-state index is 10.3. The van der Waals surface area contributed by atoms with Crippen LogP contribution in [-0.2, 0) is 14.3 Å². The predicted octanol–water partition coefficient (Wildman–Crippen LogP) is -3.53. The molecule has 0 aromatic heterocycles. The zero-order valence-corrected chi connectivity index (χ0v) is 7.69. The number of ether oxygens (including phenoxy) is 2. The Morgan fingerprint density at radius 3 is 1.92 bits per heavy atom. The second-order valence-electron chi connectivity index (χ2n) is 1.89. The normalized spacial score (nSPS) is 9.00. The van der Waals surface area contributed by atoms with E-state index in [-0.39, 0.29) is 32.1 Å². The zero-order chi connectivity index (χ0) is 9.40. The Bertz CT molecular complexity index is 158. The fourth-order valence-electron chi connectivity index (χ4n) is 0.495. The van der Waals surface area contributed by atoms with Crippen LogP contribution in [0.2, 0.25) is 0 Å². The van der Waals surface area contributed by atoms with Gasteiger partial charge in [0.1, 0.15) is 0 Å². The van der Waals surface area contributed by atoms with Gasteiger partial charge in [-0.2, -0.15) is 0 Å². The molecule has 4 nitrogen and oxygen atoms in total. The van der Waals surface area contributed by atoms with Crippen molar-refractivity contribution in [3.63, 3.8) is 0 Å². The van der Waals surface area contributed by atoms with Crippen LogP contribution >= 0.6 is 0 Å². The van der Waals surface area contributed by atoms with E-state index < -0.39 is 12.3 Å². The summed E-state index contributed by atoms with van der Waals surface area (Å²) in [5, 5.41) is 10.3. The molecule has 0 aliphatic carbocycles. The summed E-state index contributed by atoms with van der Waals surface area (Å²) in [7, 11) is 0. The van der Waals surface area contributed by atoms with Crippen LogP contribution in [0.3, 0.4) is 0 Å². The van der Waals surface area contributed by atoms with Crippen LogP contribution in [0.5, 0.6) is 0 Å². The van der Waals surface area contributed by atoms with E-state index in [1.165, 1.54) is 12.2 Å². The van der Waals surface area contributed by atoms with Gasteiger partial charge in [0.25, 0.3) is 0 Å². The molecule has 0 heterocycles. The molecule has 0 amide bonds. The maximum Gasteiger partial charge on any atom is 1.00 e. The Kier molecular flexibility index (Phi) is 11.0.